The zero-order valence-corrected chi connectivity index (χ0v) is 10.9. The average molecular weight is 280 g/mol. The second kappa shape index (κ2) is 6.33. The molecule has 1 fully saturated rings. The Morgan fingerprint density at radius 1 is 1.55 bits per heavy atom. The van der Waals surface area contributed by atoms with E-state index in [0.29, 0.717) is 13.2 Å². The van der Waals surface area contributed by atoms with Crippen LogP contribution in [0.4, 0.5) is 11.4 Å². The maximum absolute atomic E-state index is 11.2. The first-order valence-corrected chi connectivity index (χ1v) is 6.42. The highest BCUT2D eigenvalue weighted by Gasteiger charge is 2.22. The summed E-state index contributed by atoms with van der Waals surface area (Å²) in [6, 6.07) is 4.03. The summed E-state index contributed by atoms with van der Waals surface area (Å²) >= 11 is 0. The molecule has 2 rings (SSSR count). The number of carbonyl (C=O) groups is 1. The van der Waals surface area contributed by atoms with Crippen molar-refractivity contribution >= 4 is 17.3 Å². The van der Waals surface area contributed by atoms with Crippen molar-refractivity contribution in [3.8, 4) is 0 Å². The summed E-state index contributed by atoms with van der Waals surface area (Å²) in [7, 11) is 0. The molecule has 0 saturated carbocycles. The third-order valence-corrected chi connectivity index (χ3v) is 3.29. The second-order valence-corrected chi connectivity index (χ2v) is 4.73. The minimum absolute atomic E-state index is 0.0653. The zero-order chi connectivity index (χ0) is 14.5. The molecule has 0 aliphatic carbocycles. The van der Waals surface area contributed by atoms with Crippen molar-refractivity contribution in [3.63, 3.8) is 0 Å². The molecule has 1 aromatic carbocycles. The van der Waals surface area contributed by atoms with Gasteiger partial charge in [-0.1, -0.05) is 6.07 Å². The first kappa shape index (κ1) is 14.3. The first-order valence-electron chi connectivity index (χ1n) is 6.42. The molecule has 0 bridgehead atoms. The van der Waals surface area contributed by atoms with Gasteiger partial charge in [0.2, 0.25) is 0 Å². The number of para-hydroxylation sites is 1. The lowest BCUT2D eigenvalue weighted by atomic mass is 10.0. The van der Waals surface area contributed by atoms with E-state index in [9.17, 15) is 14.9 Å². The van der Waals surface area contributed by atoms with Crippen LogP contribution in [0.15, 0.2) is 18.2 Å². The number of nitrogens with one attached hydrogen (secondary N) is 1. The van der Waals surface area contributed by atoms with Gasteiger partial charge in [0, 0.05) is 19.2 Å². The molecule has 1 atom stereocenters. The fourth-order valence-corrected chi connectivity index (χ4v) is 2.27. The Bertz CT molecular complexity index is 479. The molecular weight excluding hydrogens is 264 g/mol. The summed E-state index contributed by atoms with van der Waals surface area (Å²) in [4.78, 5) is 21.6. The van der Waals surface area contributed by atoms with Gasteiger partial charge >= 0.3 is 5.97 Å². The summed E-state index contributed by atoms with van der Waals surface area (Å²) in [6.07, 6.45) is 1.92. The number of benzene rings is 1. The molecule has 7 nitrogen and oxygen atoms in total. The van der Waals surface area contributed by atoms with Crippen LogP contribution in [-0.4, -0.2) is 35.8 Å². The van der Waals surface area contributed by atoms with Crippen molar-refractivity contribution in [1.82, 2.24) is 0 Å². The molecule has 20 heavy (non-hydrogen) atoms. The van der Waals surface area contributed by atoms with Crippen molar-refractivity contribution in [3.05, 3.63) is 33.9 Å². The second-order valence-electron chi connectivity index (χ2n) is 4.73. The van der Waals surface area contributed by atoms with Crippen molar-refractivity contribution in [2.24, 2.45) is 5.92 Å². The van der Waals surface area contributed by atoms with Crippen LogP contribution in [0, 0.1) is 16.0 Å². The molecule has 1 unspecified atom stereocenters. The van der Waals surface area contributed by atoms with Crippen LogP contribution in [0.1, 0.15) is 23.2 Å². The van der Waals surface area contributed by atoms with Gasteiger partial charge in [-0.2, -0.15) is 0 Å². The lowest BCUT2D eigenvalue weighted by Gasteiger charge is -2.23. The van der Waals surface area contributed by atoms with Crippen LogP contribution >= 0.6 is 0 Å². The Hall–Kier alpha value is -2.15. The van der Waals surface area contributed by atoms with E-state index in [-0.39, 0.29) is 22.9 Å². The zero-order valence-electron chi connectivity index (χ0n) is 10.9. The van der Waals surface area contributed by atoms with Gasteiger partial charge in [-0.25, -0.2) is 4.79 Å². The number of hydrogen-bond acceptors (Lipinski definition) is 5. The largest absolute Gasteiger partial charge is 0.478 e. The molecule has 0 spiro atoms. The van der Waals surface area contributed by atoms with Crippen LogP contribution in [0.2, 0.25) is 0 Å². The predicted octanol–water partition coefficient (Wildman–Crippen LogP) is 2.13. The molecule has 2 N–H and O–H groups in total. The van der Waals surface area contributed by atoms with Gasteiger partial charge in [0.15, 0.2) is 0 Å². The van der Waals surface area contributed by atoms with E-state index in [1.165, 1.54) is 18.2 Å². The summed E-state index contributed by atoms with van der Waals surface area (Å²) in [6.45, 7) is 1.80. The van der Waals surface area contributed by atoms with Gasteiger partial charge in [0.1, 0.15) is 5.69 Å². The van der Waals surface area contributed by atoms with Crippen molar-refractivity contribution < 1.29 is 19.6 Å². The standard InChI is InChI=1S/C13H16N2O5/c16-13(17)10-4-1-5-11(15(18)19)12(10)14-7-9-3-2-6-20-8-9/h1,4-5,9,14H,2-3,6-8H2,(H,16,17). The lowest BCUT2D eigenvalue weighted by molar-refractivity contribution is -0.384. The van der Waals surface area contributed by atoms with Crippen LogP contribution in [0.3, 0.4) is 0 Å². The molecule has 1 aliphatic heterocycles. The molecule has 1 heterocycles. The number of nitro benzene ring substituents is 1. The van der Waals surface area contributed by atoms with Crippen molar-refractivity contribution in [2.45, 2.75) is 12.8 Å². The molecule has 0 radical (unpaired) electrons. The third kappa shape index (κ3) is 3.24. The highest BCUT2D eigenvalue weighted by molar-refractivity contribution is 5.96. The Labute approximate surface area is 115 Å². The summed E-state index contributed by atoms with van der Waals surface area (Å²) in [5, 5.41) is 23.0. The van der Waals surface area contributed by atoms with Crippen LogP contribution in [0.25, 0.3) is 0 Å². The molecule has 1 aromatic rings. The van der Waals surface area contributed by atoms with Gasteiger partial charge in [-0.3, -0.25) is 10.1 Å². The Morgan fingerprint density at radius 2 is 2.35 bits per heavy atom. The number of ether oxygens (including phenoxy) is 1. The Morgan fingerprint density at radius 3 is 2.95 bits per heavy atom. The molecular formula is C13H16N2O5. The Balaban J connectivity index is 2.19. The quantitative estimate of drug-likeness (QED) is 0.632. The van der Waals surface area contributed by atoms with E-state index in [0.717, 1.165) is 19.4 Å². The molecule has 1 aliphatic rings. The fourth-order valence-electron chi connectivity index (χ4n) is 2.27. The van der Waals surface area contributed by atoms with Gasteiger partial charge in [0.25, 0.3) is 5.69 Å². The summed E-state index contributed by atoms with van der Waals surface area (Å²) in [5.74, 6) is -0.943. The van der Waals surface area contributed by atoms with E-state index in [1.54, 1.807) is 0 Å². The monoisotopic (exact) mass is 280 g/mol. The van der Waals surface area contributed by atoms with E-state index in [4.69, 9.17) is 9.84 Å². The van der Waals surface area contributed by atoms with Gasteiger partial charge < -0.3 is 15.2 Å². The summed E-state index contributed by atoms with van der Waals surface area (Å²) < 4.78 is 5.34. The molecule has 0 amide bonds. The minimum Gasteiger partial charge on any atom is -0.478 e. The number of carboxylic acids is 1. The highest BCUT2D eigenvalue weighted by Crippen LogP contribution is 2.29. The minimum atomic E-state index is -1.18. The fraction of sp³-hybridized carbons (Fsp3) is 0.462. The van der Waals surface area contributed by atoms with Gasteiger partial charge in [0.05, 0.1) is 17.1 Å². The number of rotatable bonds is 5. The van der Waals surface area contributed by atoms with E-state index in [2.05, 4.69) is 5.32 Å². The molecule has 7 heteroatoms. The van der Waals surface area contributed by atoms with Crippen LogP contribution in [-0.2, 0) is 4.74 Å². The van der Waals surface area contributed by atoms with Crippen molar-refractivity contribution in [1.29, 1.82) is 0 Å². The lowest BCUT2D eigenvalue weighted by Crippen LogP contribution is -2.25. The predicted molar refractivity (Wildman–Crippen MR) is 72.1 cm³/mol. The number of nitro groups is 1. The molecule has 1 saturated heterocycles. The topological polar surface area (TPSA) is 102 Å². The van der Waals surface area contributed by atoms with Gasteiger partial charge in [-0.15, -0.1) is 0 Å². The molecule has 108 valence electrons. The van der Waals surface area contributed by atoms with Crippen molar-refractivity contribution in [2.75, 3.05) is 25.1 Å². The smallest absolute Gasteiger partial charge is 0.338 e. The van der Waals surface area contributed by atoms with Crippen LogP contribution < -0.4 is 5.32 Å². The van der Waals surface area contributed by atoms with Crippen LogP contribution in [0.5, 0.6) is 0 Å². The molecule has 0 aromatic heterocycles. The normalized spacial score (nSPS) is 18.5. The average Bonchev–Trinajstić information content (AvgIpc) is 2.45. The first-order chi connectivity index (χ1) is 9.59. The van der Waals surface area contributed by atoms with E-state index in [1.807, 2.05) is 0 Å². The van der Waals surface area contributed by atoms with Gasteiger partial charge in [-0.05, 0) is 24.8 Å². The number of hydrogen-bond donors (Lipinski definition) is 2. The SMILES string of the molecule is O=C(O)c1cccc([N+](=O)[O-])c1NCC1CCCOC1. The third-order valence-electron chi connectivity index (χ3n) is 3.29. The Kier molecular flexibility index (Phi) is 4.52. The number of aromatic carboxylic acids is 1. The maximum atomic E-state index is 11.2. The highest BCUT2D eigenvalue weighted by atomic mass is 16.6. The summed E-state index contributed by atoms with van der Waals surface area (Å²) in [5.41, 5.74) is -0.242. The number of anilines is 1. The van der Waals surface area contributed by atoms with E-state index < -0.39 is 10.9 Å². The number of nitrogens with zero attached hydrogens (tertiary/aromatic N) is 1. The number of carboxylic acid groups (broad SMARTS) is 1. The maximum Gasteiger partial charge on any atom is 0.338 e. The van der Waals surface area contributed by atoms with E-state index >= 15 is 0 Å².